The lowest BCUT2D eigenvalue weighted by molar-refractivity contribution is -0.121. The molecule has 1 aliphatic heterocycles. The third kappa shape index (κ3) is 5.13. The van der Waals surface area contributed by atoms with E-state index in [9.17, 15) is 17.6 Å². The van der Waals surface area contributed by atoms with Crippen molar-refractivity contribution in [1.82, 2.24) is 0 Å². The number of nitrogens with zero attached hydrogens (tertiary/aromatic N) is 1. The monoisotopic (exact) mass is 554 g/mol. The summed E-state index contributed by atoms with van der Waals surface area (Å²) < 4.78 is 55.8. The first-order chi connectivity index (χ1) is 18.4. The van der Waals surface area contributed by atoms with Gasteiger partial charge in [-0.2, -0.15) is 8.42 Å². The number of hydrogen-bond donors (Lipinski definition) is 1. The van der Waals surface area contributed by atoms with Gasteiger partial charge in [0, 0.05) is 30.3 Å². The topological polar surface area (TPSA) is 94.2 Å². The summed E-state index contributed by atoms with van der Waals surface area (Å²) in [5, 5.41) is 2.84. The van der Waals surface area contributed by atoms with Gasteiger partial charge in [-0.05, 0) is 69.0 Å². The molecular weight excluding hydrogens is 523 g/mol. The summed E-state index contributed by atoms with van der Waals surface area (Å²) in [5.41, 5.74) is 3.35. The Bertz CT molecular complexity index is 1570. The van der Waals surface area contributed by atoms with Crippen molar-refractivity contribution in [2.24, 2.45) is 0 Å². The first-order valence-electron chi connectivity index (χ1n) is 12.6. The highest BCUT2D eigenvalue weighted by Gasteiger charge is 2.39. The maximum atomic E-state index is 14.0. The first-order valence-corrected chi connectivity index (χ1v) is 14.1. The number of nitrogens with one attached hydrogen (secondary N) is 1. The number of carbonyl (C=O) groups excluding carboxylic acids is 1. The van der Waals surface area contributed by atoms with Gasteiger partial charge in [0.25, 0.3) is 5.91 Å². The molecule has 1 amide bonds. The van der Waals surface area contributed by atoms with Gasteiger partial charge in [0.05, 0.1) is 23.7 Å². The fourth-order valence-electron chi connectivity index (χ4n) is 4.81. The van der Waals surface area contributed by atoms with Crippen LogP contribution in [0.1, 0.15) is 37.8 Å². The minimum atomic E-state index is -3.69. The summed E-state index contributed by atoms with van der Waals surface area (Å²) in [5.74, 6) is 0.387. The summed E-state index contributed by atoms with van der Waals surface area (Å²) in [4.78, 5) is 14.8. The molecule has 1 heterocycles. The van der Waals surface area contributed by atoms with Crippen molar-refractivity contribution in [2.75, 3.05) is 24.4 Å². The summed E-state index contributed by atoms with van der Waals surface area (Å²) in [6, 6.07) is 12.9. The molecular formula is C29H31FN2O6S. The minimum Gasteiger partial charge on any atom is -0.496 e. The number of amides is 1. The number of rotatable bonds is 8. The van der Waals surface area contributed by atoms with E-state index in [1.807, 2.05) is 32.9 Å². The number of hydrogen-bond acceptors (Lipinski definition) is 7. The van der Waals surface area contributed by atoms with Crippen molar-refractivity contribution >= 4 is 27.4 Å². The molecule has 1 fully saturated rings. The second kappa shape index (κ2) is 9.75. The number of carbonyl (C=O) groups is 1. The van der Waals surface area contributed by atoms with Crippen LogP contribution in [0.4, 0.5) is 15.8 Å². The number of benzene rings is 3. The smallest absolute Gasteiger partial charge is 0.312 e. The SMILES string of the molecule is COc1cc(OS(=O)(=O)C2CC2)ccc1-c1ccc2c(c1COc1cc(F)ccc1C)N(C)C(=O)C(C)(C)N2. The van der Waals surface area contributed by atoms with Gasteiger partial charge >= 0.3 is 10.1 Å². The zero-order valence-corrected chi connectivity index (χ0v) is 23.3. The molecule has 3 aromatic rings. The van der Waals surface area contributed by atoms with Crippen LogP contribution in [0.15, 0.2) is 48.5 Å². The Morgan fingerprint density at radius 1 is 1.05 bits per heavy atom. The molecule has 1 aliphatic carbocycles. The fourth-order valence-corrected chi connectivity index (χ4v) is 6.04. The second-order valence-corrected chi connectivity index (χ2v) is 12.3. The van der Waals surface area contributed by atoms with Crippen LogP contribution in [0.5, 0.6) is 17.2 Å². The van der Waals surface area contributed by atoms with Crippen LogP contribution >= 0.6 is 0 Å². The summed E-state index contributed by atoms with van der Waals surface area (Å²) >= 11 is 0. The van der Waals surface area contributed by atoms with E-state index in [4.69, 9.17) is 13.7 Å². The van der Waals surface area contributed by atoms with Crippen LogP contribution in [0.3, 0.4) is 0 Å². The highest BCUT2D eigenvalue weighted by Crippen LogP contribution is 2.45. The predicted molar refractivity (Wildman–Crippen MR) is 148 cm³/mol. The number of anilines is 2. The van der Waals surface area contributed by atoms with Crippen LogP contribution in [-0.4, -0.2) is 39.3 Å². The van der Waals surface area contributed by atoms with E-state index in [2.05, 4.69) is 5.32 Å². The Balaban J connectivity index is 1.61. The number of fused-ring (bicyclic) bond motifs is 1. The zero-order chi connectivity index (χ0) is 28.1. The molecule has 0 aromatic heterocycles. The van der Waals surface area contributed by atoms with Crippen molar-refractivity contribution in [3.8, 4) is 28.4 Å². The van der Waals surface area contributed by atoms with Gasteiger partial charge in [-0.15, -0.1) is 0 Å². The van der Waals surface area contributed by atoms with E-state index in [1.54, 1.807) is 30.1 Å². The molecule has 0 spiro atoms. The van der Waals surface area contributed by atoms with Gasteiger partial charge in [0.15, 0.2) is 0 Å². The average molecular weight is 555 g/mol. The van der Waals surface area contributed by atoms with Crippen molar-refractivity contribution in [2.45, 2.75) is 51.0 Å². The Labute approximate surface area is 227 Å². The average Bonchev–Trinajstić information content (AvgIpc) is 3.74. The second-order valence-electron chi connectivity index (χ2n) is 10.4. The molecule has 0 radical (unpaired) electrons. The van der Waals surface area contributed by atoms with E-state index in [-0.39, 0.29) is 18.3 Å². The van der Waals surface area contributed by atoms with Gasteiger partial charge < -0.3 is 23.9 Å². The Morgan fingerprint density at radius 3 is 2.46 bits per heavy atom. The highest BCUT2D eigenvalue weighted by molar-refractivity contribution is 7.88. The van der Waals surface area contributed by atoms with Gasteiger partial charge in [-0.3, -0.25) is 4.79 Å². The number of methoxy groups -OCH3 is 1. The van der Waals surface area contributed by atoms with Crippen LogP contribution < -0.4 is 23.9 Å². The fraction of sp³-hybridized carbons (Fsp3) is 0.345. The molecule has 0 saturated heterocycles. The Hall–Kier alpha value is -3.79. The maximum Gasteiger partial charge on any atom is 0.312 e. The largest absolute Gasteiger partial charge is 0.496 e. The molecule has 2 aliphatic rings. The number of likely N-dealkylation sites (N-methyl/N-ethyl adjacent to an activating group) is 1. The molecule has 206 valence electrons. The van der Waals surface area contributed by atoms with Crippen molar-refractivity contribution in [3.05, 3.63) is 65.5 Å². The predicted octanol–water partition coefficient (Wildman–Crippen LogP) is 5.43. The van der Waals surface area contributed by atoms with Gasteiger partial charge in [0.2, 0.25) is 0 Å². The quantitative estimate of drug-likeness (QED) is 0.371. The third-order valence-corrected chi connectivity index (χ3v) is 8.75. The summed E-state index contributed by atoms with van der Waals surface area (Å²) in [7, 11) is -0.495. The maximum absolute atomic E-state index is 14.0. The van der Waals surface area contributed by atoms with Crippen LogP contribution in [0, 0.1) is 12.7 Å². The van der Waals surface area contributed by atoms with Crippen molar-refractivity contribution in [1.29, 1.82) is 0 Å². The lowest BCUT2D eigenvalue weighted by Crippen LogP contribution is -2.52. The molecule has 10 heteroatoms. The van der Waals surface area contributed by atoms with Crippen LogP contribution in [-0.2, 0) is 21.5 Å². The van der Waals surface area contributed by atoms with E-state index < -0.39 is 26.7 Å². The van der Waals surface area contributed by atoms with Gasteiger partial charge in [-0.1, -0.05) is 12.1 Å². The zero-order valence-electron chi connectivity index (χ0n) is 22.5. The van der Waals surface area contributed by atoms with Crippen molar-refractivity contribution < 1.29 is 31.3 Å². The van der Waals surface area contributed by atoms with E-state index in [0.717, 1.165) is 11.3 Å². The van der Waals surface area contributed by atoms with E-state index >= 15 is 0 Å². The van der Waals surface area contributed by atoms with Gasteiger partial charge in [-0.25, -0.2) is 4.39 Å². The molecule has 3 aromatic carbocycles. The molecule has 1 N–H and O–H groups in total. The molecule has 8 nitrogen and oxygen atoms in total. The molecule has 1 saturated carbocycles. The van der Waals surface area contributed by atoms with Crippen LogP contribution in [0.25, 0.3) is 11.1 Å². The van der Waals surface area contributed by atoms with E-state index in [1.165, 1.54) is 25.3 Å². The lowest BCUT2D eigenvalue weighted by atomic mass is 9.91. The molecule has 5 rings (SSSR count). The first kappa shape index (κ1) is 26.8. The summed E-state index contributed by atoms with van der Waals surface area (Å²) in [6.07, 6.45) is 1.19. The van der Waals surface area contributed by atoms with Crippen molar-refractivity contribution in [3.63, 3.8) is 0 Å². The molecule has 39 heavy (non-hydrogen) atoms. The van der Waals surface area contributed by atoms with Gasteiger partial charge in [0.1, 0.15) is 35.2 Å². The number of ether oxygens (including phenoxy) is 2. The van der Waals surface area contributed by atoms with Crippen LogP contribution in [0.2, 0.25) is 0 Å². The number of aryl methyl sites for hydroxylation is 1. The third-order valence-electron chi connectivity index (χ3n) is 7.04. The standard InChI is InChI=1S/C29H31FN2O6S/c1-17-6-7-18(30)14-25(17)37-16-23-21(12-13-24-27(23)32(4)28(33)29(2,3)31-24)22-11-8-19(15-26(22)36-5)38-39(34,35)20-9-10-20/h6-8,11-15,20,31H,9-10,16H2,1-5H3. The number of halogens is 1. The lowest BCUT2D eigenvalue weighted by Gasteiger charge is -2.39. The molecule has 0 unspecified atom stereocenters. The highest BCUT2D eigenvalue weighted by atomic mass is 32.2. The van der Waals surface area contributed by atoms with E-state index in [0.29, 0.717) is 46.7 Å². The normalized spacial score (nSPS) is 16.4. The summed E-state index contributed by atoms with van der Waals surface area (Å²) in [6.45, 7) is 5.48. The Morgan fingerprint density at radius 2 is 1.77 bits per heavy atom. The molecule has 0 atom stereocenters. The Kier molecular flexibility index (Phi) is 6.70. The molecule has 0 bridgehead atoms. The minimum absolute atomic E-state index is 0.0278.